The van der Waals surface area contributed by atoms with Crippen molar-refractivity contribution in [2.24, 2.45) is 11.7 Å². The molecule has 17 heavy (non-hydrogen) atoms. The minimum absolute atomic E-state index is 0.0338. The Morgan fingerprint density at radius 2 is 2.35 bits per heavy atom. The van der Waals surface area contributed by atoms with Crippen LogP contribution in [0.3, 0.4) is 0 Å². The molecule has 2 rings (SSSR count). The largest absolute Gasteiger partial charge is 0.369 e. The van der Waals surface area contributed by atoms with Crippen molar-refractivity contribution in [3.05, 3.63) is 21.6 Å². The summed E-state index contributed by atoms with van der Waals surface area (Å²) in [5.41, 5.74) is 6.76. The van der Waals surface area contributed by atoms with Gasteiger partial charge in [0.2, 0.25) is 5.91 Å². The molecule has 1 aliphatic rings. The van der Waals surface area contributed by atoms with Gasteiger partial charge >= 0.3 is 0 Å². The topological polar surface area (TPSA) is 78.0 Å². The Hall–Kier alpha value is -1.30. The Kier molecular flexibility index (Phi) is 3.24. The van der Waals surface area contributed by atoms with E-state index < -0.39 is 0 Å². The summed E-state index contributed by atoms with van der Waals surface area (Å²) in [6.45, 7) is 4.14. The normalized spacial score (nSPS) is 18.8. The zero-order valence-corrected chi connectivity index (χ0v) is 10.7. The molecule has 92 valence electrons. The molecular formula is C11H15N3O2S. The van der Waals surface area contributed by atoms with Gasteiger partial charge in [0.25, 0.3) is 5.56 Å². The van der Waals surface area contributed by atoms with Crippen LogP contribution in [0.5, 0.6) is 0 Å². The van der Waals surface area contributed by atoms with Crippen molar-refractivity contribution in [1.29, 1.82) is 0 Å². The summed E-state index contributed by atoms with van der Waals surface area (Å²) in [5.74, 6) is -0.0275. The quantitative estimate of drug-likeness (QED) is 0.770. The van der Waals surface area contributed by atoms with Crippen LogP contribution in [0, 0.1) is 12.8 Å². The predicted molar refractivity (Wildman–Crippen MR) is 66.0 cm³/mol. The highest BCUT2D eigenvalue weighted by atomic mass is 32.2. The number of aromatic nitrogens is 2. The van der Waals surface area contributed by atoms with Gasteiger partial charge in [-0.05, 0) is 13.3 Å². The Bertz CT molecular complexity index is 524. The van der Waals surface area contributed by atoms with Crippen LogP contribution in [-0.4, -0.2) is 21.2 Å². The lowest BCUT2D eigenvalue weighted by Gasteiger charge is -2.23. The minimum Gasteiger partial charge on any atom is -0.369 e. The highest BCUT2D eigenvalue weighted by molar-refractivity contribution is 7.99. The third kappa shape index (κ3) is 2.09. The summed E-state index contributed by atoms with van der Waals surface area (Å²) < 4.78 is 1.58. The van der Waals surface area contributed by atoms with Crippen molar-refractivity contribution in [3.8, 4) is 0 Å². The second-order valence-corrected chi connectivity index (χ2v) is 5.13. The summed E-state index contributed by atoms with van der Waals surface area (Å²) in [5, 5.41) is 0.696. The molecule has 0 spiro atoms. The number of carbonyl (C=O) groups is 1. The standard InChI is InChI=1S/C11H15N3O2S/c1-3-8-6(2)13-11-14(10(8)16)4-7(5-17-11)9(12)15/h7H,3-5H2,1-2H3,(H2,12,15). The molecule has 1 aromatic rings. The van der Waals surface area contributed by atoms with E-state index in [4.69, 9.17) is 5.73 Å². The summed E-state index contributed by atoms with van der Waals surface area (Å²) >= 11 is 1.42. The van der Waals surface area contributed by atoms with E-state index in [1.54, 1.807) is 4.57 Å². The van der Waals surface area contributed by atoms with Crippen LogP contribution in [0.4, 0.5) is 0 Å². The zero-order chi connectivity index (χ0) is 12.6. The molecule has 0 saturated carbocycles. The smallest absolute Gasteiger partial charge is 0.257 e. The van der Waals surface area contributed by atoms with E-state index in [0.29, 0.717) is 23.9 Å². The summed E-state index contributed by atoms with van der Waals surface area (Å²) in [7, 11) is 0. The van der Waals surface area contributed by atoms with Crippen molar-refractivity contribution >= 4 is 17.7 Å². The summed E-state index contributed by atoms with van der Waals surface area (Å²) in [6.07, 6.45) is 0.657. The Morgan fingerprint density at radius 3 is 2.94 bits per heavy atom. The molecule has 5 nitrogen and oxygen atoms in total. The van der Waals surface area contributed by atoms with Crippen molar-refractivity contribution < 1.29 is 4.79 Å². The fourth-order valence-corrected chi connectivity index (χ4v) is 3.11. The van der Waals surface area contributed by atoms with Crippen LogP contribution in [0.15, 0.2) is 9.95 Å². The number of carbonyl (C=O) groups excluding carboxylic acids is 1. The first-order valence-electron chi connectivity index (χ1n) is 5.57. The van der Waals surface area contributed by atoms with E-state index in [0.717, 1.165) is 11.3 Å². The molecule has 2 heterocycles. The third-order valence-corrected chi connectivity index (χ3v) is 4.15. The highest BCUT2D eigenvalue weighted by Crippen LogP contribution is 2.25. The van der Waals surface area contributed by atoms with Gasteiger partial charge in [0.05, 0.1) is 5.92 Å². The molecule has 1 atom stereocenters. The van der Waals surface area contributed by atoms with Crippen LogP contribution < -0.4 is 11.3 Å². The molecule has 6 heteroatoms. The van der Waals surface area contributed by atoms with E-state index in [2.05, 4.69) is 4.98 Å². The zero-order valence-electron chi connectivity index (χ0n) is 9.90. The Labute approximate surface area is 103 Å². The van der Waals surface area contributed by atoms with Gasteiger partial charge in [-0.3, -0.25) is 14.2 Å². The average Bonchev–Trinajstić information content (AvgIpc) is 2.29. The number of nitrogens with two attached hydrogens (primary N) is 1. The number of amides is 1. The second-order valence-electron chi connectivity index (χ2n) is 4.14. The number of thioether (sulfide) groups is 1. The monoisotopic (exact) mass is 253 g/mol. The lowest BCUT2D eigenvalue weighted by molar-refractivity contribution is -0.121. The fraction of sp³-hybridized carbons (Fsp3) is 0.545. The number of hydrogen-bond acceptors (Lipinski definition) is 4. The maximum atomic E-state index is 12.2. The molecular weight excluding hydrogens is 238 g/mol. The van der Waals surface area contributed by atoms with Crippen LogP contribution in [0.25, 0.3) is 0 Å². The number of hydrogen-bond donors (Lipinski definition) is 1. The second kappa shape index (κ2) is 4.52. The van der Waals surface area contributed by atoms with Gasteiger partial charge in [0, 0.05) is 23.6 Å². The van der Waals surface area contributed by atoms with Crippen LogP contribution in [-0.2, 0) is 17.8 Å². The van der Waals surface area contributed by atoms with Crippen LogP contribution >= 0.6 is 11.8 Å². The van der Waals surface area contributed by atoms with Crippen molar-refractivity contribution in [2.75, 3.05) is 5.75 Å². The van der Waals surface area contributed by atoms with E-state index in [1.807, 2.05) is 13.8 Å². The minimum atomic E-state index is -0.353. The van der Waals surface area contributed by atoms with Gasteiger partial charge in [0.1, 0.15) is 0 Å². The van der Waals surface area contributed by atoms with Gasteiger partial charge < -0.3 is 5.73 Å². The van der Waals surface area contributed by atoms with Gasteiger partial charge in [0.15, 0.2) is 5.16 Å². The molecule has 0 aliphatic carbocycles. The van der Waals surface area contributed by atoms with Gasteiger partial charge in [-0.2, -0.15) is 0 Å². The van der Waals surface area contributed by atoms with Crippen molar-refractivity contribution in [3.63, 3.8) is 0 Å². The number of aryl methyl sites for hydroxylation is 1. The molecule has 0 radical (unpaired) electrons. The number of fused-ring (bicyclic) bond motifs is 1. The lowest BCUT2D eigenvalue weighted by Crippen LogP contribution is -2.38. The average molecular weight is 253 g/mol. The first-order valence-corrected chi connectivity index (χ1v) is 6.55. The van der Waals surface area contributed by atoms with Crippen LogP contribution in [0.1, 0.15) is 18.2 Å². The van der Waals surface area contributed by atoms with Gasteiger partial charge in [-0.15, -0.1) is 0 Å². The van der Waals surface area contributed by atoms with Gasteiger partial charge in [-0.1, -0.05) is 18.7 Å². The highest BCUT2D eigenvalue weighted by Gasteiger charge is 2.26. The molecule has 1 aromatic heterocycles. The number of primary amides is 1. The van der Waals surface area contributed by atoms with E-state index in [1.165, 1.54) is 11.8 Å². The lowest BCUT2D eigenvalue weighted by atomic mass is 10.1. The fourth-order valence-electron chi connectivity index (χ4n) is 1.97. The summed E-state index contributed by atoms with van der Waals surface area (Å²) in [4.78, 5) is 27.8. The Morgan fingerprint density at radius 1 is 1.65 bits per heavy atom. The SMILES string of the molecule is CCc1c(C)nc2n(c1=O)CC(C(N)=O)CS2. The first kappa shape index (κ1) is 12.2. The van der Waals surface area contributed by atoms with Gasteiger partial charge in [-0.25, -0.2) is 4.98 Å². The molecule has 0 fully saturated rings. The summed E-state index contributed by atoms with van der Waals surface area (Å²) in [6, 6.07) is 0. The number of nitrogens with zero attached hydrogens (tertiary/aromatic N) is 2. The molecule has 1 amide bonds. The maximum absolute atomic E-state index is 12.2. The predicted octanol–water partition coefficient (Wildman–Crippen LogP) is 0.321. The molecule has 1 aliphatic heterocycles. The Balaban J connectivity index is 2.50. The van der Waals surface area contributed by atoms with E-state index in [-0.39, 0.29) is 17.4 Å². The molecule has 0 bridgehead atoms. The van der Waals surface area contributed by atoms with Crippen molar-refractivity contribution in [2.45, 2.75) is 32.0 Å². The molecule has 0 saturated heterocycles. The van der Waals surface area contributed by atoms with Crippen molar-refractivity contribution in [1.82, 2.24) is 9.55 Å². The van der Waals surface area contributed by atoms with E-state index in [9.17, 15) is 9.59 Å². The third-order valence-electron chi connectivity index (χ3n) is 3.01. The molecule has 1 unspecified atom stereocenters. The molecule has 2 N–H and O–H groups in total. The van der Waals surface area contributed by atoms with Crippen LogP contribution in [0.2, 0.25) is 0 Å². The van der Waals surface area contributed by atoms with E-state index >= 15 is 0 Å². The first-order chi connectivity index (χ1) is 8.04. The molecule has 0 aromatic carbocycles. The maximum Gasteiger partial charge on any atom is 0.257 e. The number of rotatable bonds is 2.